The number of ether oxygens (including phenoxy) is 1. The van der Waals surface area contributed by atoms with Crippen molar-refractivity contribution in [2.75, 3.05) is 11.9 Å². The number of hydrogen-bond acceptors (Lipinski definition) is 5. The van der Waals surface area contributed by atoms with E-state index in [0.717, 1.165) is 22.6 Å². The fourth-order valence-corrected chi connectivity index (χ4v) is 2.56. The quantitative estimate of drug-likeness (QED) is 0.673. The van der Waals surface area contributed by atoms with Gasteiger partial charge in [-0.1, -0.05) is 6.92 Å². The van der Waals surface area contributed by atoms with Crippen LogP contribution in [0.15, 0.2) is 42.5 Å². The number of benzene rings is 2. The van der Waals surface area contributed by atoms with Crippen molar-refractivity contribution < 1.29 is 9.53 Å². The highest BCUT2D eigenvalue weighted by molar-refractivity contribution is 7.80. The standard InChI is InChI=1S/C18H19N5O2S/c1-3-17(24)20-18(26)19-12-5-10-15-16(11-12)22-23(21-15)13-6-8-14(9-7-13)25-4-2/h5-11H,3-4H2,1-2H3,(H2,19,20,24,26). The predicted molar refractivity (Wildman–Crippen MR) is 105 cm³/mol. The molecule has 1 heterocycles. The van der Waals surface area contributed by atoms with Gasteiger partial charge in [0.1, 0.15) is 16.8 Å². The molecule has 7 nitrogen and oxygen atoms in total. The van der Waals surface area contributed by atoms with E-state index < -0.39 is 0 Å². The smallest absolute Gasteiger partial charge is 0.225 e. The molecule has 0 bridgehead atoms. The molecule has 134 valence electrons. The van der Waals surface area contributed by atoms with Crippen LogP contribution in [0.25, 0.3) is 16.7 Å². The normalized spacial score (nSPS) is 10.5. The van der Waals surface area contributed by atoms with Crippen LogP contribution in [0.4, 0.5) is 5.69 Å². The molecule has 0 saturated heterocycles. The summed E-state index contributed by atoms with van der Waals surface area (Å²) >= 11 is 5.12. The van der Waals surface area contributed by atoms with Gasteiger partial charge in [0, 0.05) is 12.1 Å². The number of carbonyl (C=O) groups excluding carboxylic acids is 1. The summed E-state index contributed by atoms with van der Waals surface area (Å²) in [5, 5.41) is 14.8. The van der Waals surface area contributed by atoms with Crippen molar-refractivity contribution in [2.24, 2.45) is 0 Å². The van der Waals surface area contributed by atoms with E-state index >= 15 is 0 Å². The van der Waals surface area contributed by atoms with Gasteiger partial charge in [0.05, 0.1) is 12.3 Å². The first kappa shape index (κ1) is 17.8. The molecule has 0 aliphatic heterocycles. The molecule has 0 saturated carbocycles. The number of aromatic nitrogens is 3. The highest BCUT2D eigenvalue weighted by atomic mass is 32.1. The van der Waals surface area contributed by atoms with Gasteiger partial charge in [-0.3, -0.25) is 4.79 Å². The molecule has 0 radical (unpaired) electrons. The molecule has 0 atom stereocenters. The zero-order valence-corrected chi connectivity index (χ0v) is 15.3. The van der Waals surface area contributed by atoms with Gasteiger partial charge in [-0.25, -0.2) is 0 Å². The van der Waals surface area contributed by atoms with Crippen LogP contribution >= 0.6 is 12.2 Å². The van der Waals surface area contributed by atoms with Crippen molar-refractivity contribution in [3.05, 3.63) is 42.5 Å². The van der Waals surface area contributed by atoms with E-state index in [1.807, 2.05) is 49.4 Å². The molecule has 0 aliphatic carbocycles. The first-order valence-electron chi connectivity index (χ1n) is 8.30. The lowest BCUT2D eigenvalue weighted by Crippen LogP contribution is -2.33. The number of carbonyl (C=O) groups is 1. The molecule has 3 aromatic rings. The molecule has 0 fully saturated rings. The van der Waals surface area contributed by atoms with Crippen molar-refractivity contribution in [3.8, 4) is 11.4 Å². The Hall–Kier alpha value is -3.00. The summed E-state index contributed by atoms with van der Waals surface area (Å²) in [7, 11) is 0. The third kappa shape index (κ3) is 4.15. The van der Waals surface area contributed by atoms with Crippen LogP contribution < -0.4 is 15.4 Å². The predicted octanol–water partition coefficient (Wildman–Crippen LogP) is 3.04. The minimum atomic E-state index is -0.134. The maximum absolute atomic E-state index is 11.4. The zero-order chi connectivity index (χ0) is 18.5. The summed E-state index contributed by atoms with van der Waals surface area (Å²) in [5.41, 5.74) is 3.05. The Morgan fingerprint density at radius 3 is 2.54 bits per heavy atom. The summed E-state index contributed by atoms with van der Waals surface area (Å²) in [6.07, 6.45) is 0.372. The van der Waals surface area contributed by atoms with Gasteiger partial charge in [-0.15, -0.1) is 10.2 Å². The highest BCUT2D eigenvalue weighted by Crippen LogP contribution is 2.19. The zero-order valence-electron chi connectivity index (χ0n) is 14.5. The third-order valence-electron chi connectivity index (χ3n) is 3.59. The summed E-state index contributed by atoms with van der Waals surface area (Å²) in [4.78, 5) is 12.9. The molecule has 2 N–H and O–H groups in total. The molecular weight excluding hydrogens is 350 g/mol. The number of nitrogens with zero attached hydrogens (tertiary/aromatic N) is 3. The number of thiocarbonyl (C=S) groups is 1. The summed E-state index contributed by atoms with van der Waals surface area (Å²) in [6.45, 7) is 4.34. The Balaban J connectivity index is 1.78. The number of fused-ring (bicyclic) bond motifs is 1. The van der Waals surface area contributed by atoms with Gasteiger partial charge in [-0.05, 0) is 61.6 Å². The van der Waals surface area contributed by atoms with E-state index in [-0.39, 0.29) is 11.0 Å². The topological polar surface area (TPSA) is 81.1 Å². The molecule has 0 spiro atoms. The molecule has 0 aliphatic rings. The lowest BCUT2D eigenvalue weighted by atomic mass is 10.3. The fraction of sp³-hybridized carbons (Fsp3) is 0.222. The van der Waals surface area contributed by atoms with Crippen molar-refractivity contribution >= 4 is 40.0 Å². The van der Waals surface area contributed by atoms with Crippen LogP contribution in [0.5, 0.6) is 5.75 Å². The monoisotopic (exact) mass is 369 g/mol. The van der Waals surface area contributed by atoms with Crippen LogP contribution in [0, 0.1) is 0 Å². The number of nitrogens with one attached hydrogen (secondary N) is 2. The maximum Gasteiger partial charge on any atom is 0.225 e. The average molecular weight is 369 g/mol. The maximum atomic E-state index is 11.4. The highest BCUT2D eigenvalue weighted by Gasteiger charge is 2.08. The molecule has 2 aromatic carbocycles. The first-order chi connectivity index (χ1) is 12.6. The SMILES string of the molecule is CCOc1ccc(-n2nc3ccc(NC(=S)NC(=O)CC)cc3n2)cc1. The van der Waals surface area contributed by atoms with Crippen LogP contribution in [0.2, 0.25) is 0 Å². The largest absolute Gasteiger partial charge is 0.494 e. The lowest BCUT2D eigenvalue weighted by Gasteiger charge is -2.08. The van der Waals surface area contributed by atoms with Crippen molar-refractivity contribution in [2.45, 2.75) is 20.3 Å². The van der Waals surface area contributed by atoms with Gasteiger partial charge in [0.25, 0.3) is 0 Å². The van der Waals surface area contributed by atoms with E-state index in [9.17, 15) is 4.79 Å². The average Bonchev–Trinajstić information content (AvgIpc) is 3.05. The van der Waals surface area contributed by atoms with Crippen LogP contribution in [-0.2, 0) is 4.79 Å². The number of hydrogen-bond donors (Lipinski definition) is 2. The van der Waals surface area contributed by atoms with Gasteiger partial charge >= 0.3 is 0 Å². The Labute approximate surface area is 156 Å². The van der Waals surface area contributed by atoms with Crippen molar-refractivity contribution in [3.63, 3.8) is 0 Å². The molecule has 1 amide bonds. The van der Waals surface area contributed by atoms with Gasteiger partial charge in [0.15, 0.2) is 5.11 Å². The number of amides is 1. The minimum Gasteiger partial charge on any atom is -0.494 e. The Kier molecular flexibility index (Phi) is 5.43. The molecule has 3 rings (SSSR count). The minimum absolute atomic E-state index is 0.134. The van der Waals surface area contributed by atoms with Gasteiger partial charge in [-0.2, -0.15) is 4.80 Å². The van der Waals surface area contributed by atoms with E-state index in [1.54, 1.807) is 11.7 Å². The Morgan fingerprint density at radius 2 is 1.85 bits per heavy atom. The molecule has 1 aromatic heterocycles. The van der Waals surface area contributed by atoms with Gasteiger partial charge in [0.2, 0.25) is 5.91 Å². The third-order valence-corrected chi connectivity index (χ3v) is 3.80. The first-order valence-corrected chi connectivity index (χ1v) is 8.71. The summed E-state index contributed by atoms with van der Waals surface area (Å²) in [6, 6.07) is 13.1. The van der Waals surface area contributed by atoms with Crippen LogP contribution in [-0.4, -0.2) is 32.6 Å². The number of rotatable bonds is 5. The van der Waals surface area contributed by atoms with Crippen molar-refractivity contribution in [1.29, 1.82) is 0 Å². The molecule has 8 heteroatoms. The fourth-order valence-electron chi connectivity index (χ4n) is 2.33. The second-order valence-corrected chi connectivity index (χ2v) is 5.88. The van der Waals surface area contributed by atoms with Crippen LogP contribution in [0.3, 0.4) is 0 Å². The van der Waals surface area contributed by atoms with E-state index in [1.165, 1.54) is 0 Å². The van der Waals surface area contributed by atoms with E-state index in [0.29, 0.717) is 18.5 Å². The Bertz CT molecular complexity index is 936. The van der Waals surface area contributed by atoms with E-state index in [2.05, 4.69) is 20.8 Å². The van der Waals surface area contributed by atoms with Crippen LogP contribution in [0.1, 0.15) is 20.3 Å². The molecule has 26 heavy (non-hydrogen) atoms. The second-order valence-electron chi connectivity index (χ2n) is 5.48. The van der Waals surface area contributed by atoms with E-state index in [4.69, 9.17) is 17.0 Å². The number of anilines is 1. The molecular formula is C18H19N5O2S. The van der Waals surface area contributed by atoms with Gasteiger partial charge < -0.3 is 15.4 Å². The summed E-state index contributed by atoms with van der Waals surface area (Å²) < 4.78 is 5.44. The second kappa shape index (κ2) is 7.92. The molecule has 0 unspecified atom stereocenters. The van der Waals surface area contributed by atoms with Crippen molar-refractivity contribution in [1.82, 2.24) is 20.3 Å². The lowest BCUT2D eigenvalue weighted by molar-refractivity contribution is -0.119. The Morgan fingerprint density at radius 1 is 1.12 bits per heavy atom. The summed E-state index contributed by atoms with van der Waals surface area (Å²) in [5.74, 6) is 0.673.